The monoisotopic (exact) mass is 916 g/mol. The Kier molecular flexibility index (Phi) is 15.0. The molecule has 7 rings (SSSR count). The predicted octanol–water partition coefficient (Wildman–Crippen LogP) is 7.57. The molecule has 5 atom stereocenters. The fraction of sp³-hybridized carbons (Fsp3) is 0.490. The molecule has 3 heterocycles. The first-order chi connectivity index (χ1) is 30.5. The van der Waals surface area contributed by atoms with Crippen LogP contribution in [0.5, 0.6) is 5.75 Å². The SMILES string of the molecule is COc1ccc(S(=O)(=O)N(CC(C)C)C[C@@H](O)[C@@H](CC(=O)O[C@H]2CO[C@H]3OCC[C@H]32)Cc2ccc(NCc3ccccc3C(=O)Cc3sc4c(c3C(=O)O)CC(C)(C)CC4)cc2)cc1. The molecule has 0 saturated carbocycles. The molecule has 3 aromatic carbocycles. The number of ketones is 1. The molecule has 0 radical (unpaired) electrons. The normalized spacial score (nSPS) is 20.1. The van der Waals surface area contributed by atoms with Crippen molar-refractivity contribution in [1.82, 2.24) is 4.31 Å². The maximum atomic E-state index is 14.0. The van der Waals surface area contributed by atoms with Gasteiger partial charge in [-0.25, -0.2) is 13.2 Å². The number of carbonyl (C=O) groups excluding carboxylic acids is 2. The topological polar surface area (TPSA) is 178 Å². The summed E-state index contributed by atoms with van der Waals surface area (Å²) in [6.07, 6.45) is 1.21. The number of aromatic carboxylic acids is 1. The molecule has 64 heavy (non-hydrogen) atoms. The number of Topliss-reactive ketones (excluding diaryl/α,β-unsaturated/α-hetero) is 1. The molecule has 3 N–H and O–H groups in total. The number of hydrogen-bond donors (Lipinski definition) is 3. The number of anilines is 1. The summed E-state index contributed by atoms with van der Waals surface area (Å²) in [5.74, 6) is -1.94. The summed E-state index contributed by atoms with van der Waals surface area (Å²) in [6.45, 7) is 9.11. The quantitative estimate of drug-likeness (QED) is 0.0586. The molecule has 13 nitrogen and oxygen atoms in total. The van der Waals surface area contributed by atoms with E-state index in [4.69, 9.17) is 18.9 Å². The summed E-state index contributed by atoms with van der Waals surface area (Å²) in [4.78, 5) is 41.6. The molecule has 2 aliphatic heterocycles. The highest BCUT2D eigenvalue weighted by Crippen LogP contribution is 2.42. The number of carboxylic acids is 1. The van der Waals surface area contributed by atoms with Crippen LogP contribution in [0, 0.1) is 23.2 Å². The van der Waals surface area contributed by atoms with Gasteiger partial charge in [0.25, 0.3) is 0 Å². The summed E-state index contributed by atoms with van der Waals surface area (Å²) < 4.78 is 51.7. The third-order valence-electron chi connectivity index (χ3n) is 12.5. The van der Waals surface area contributed by atoms with Crippen LogP contribution in [0.1, 0.15) is 94.1 Å². The Balaban J connectivity index is 1.04. The van der Waals surface area contributed by atoms with Gasteiger partial charge in [0, 0.05) is 53.0 Å². The number of fused-ring (bicyclic) bond motifs is 2. The van der Waals surface area contributed by atoms with Gasteiger partial charge in [0.1, 0.15) is 11.9 Å². The van der Waals surface area contributed by atoms with Crippen LogP contribution in [0.4, 0.5) is 5.69 Å². The van der Waals surface area contributed by atoms with Gasteiger partial charge >= 0.3 is 11.9 Å². The minimum atomic E-state index is -4.03. The Hall–Kier alpha value is -4.64. The highest BCUT2D eigenvalue weighted by Gasteiger charge is 2.44. The van der Waals surface area contributed by atoms with Crippen molar-refractivity contribution in [1.29, 1.82) is 0 Å². The zero-order valence-corrected chi connectivity index (χ0v) is 38.8. The van der Waals surface area contributed by atoms with Crippen LogP contribution in [0.2, 0.25) is 0 Å². The van der Waals surface area contributed by atoms with Crippen molar-refractivity contribution in [3.8, 4) is 5.75 Å². The number of ether oxygens (including phenoxy) is 4. The predicted molar refractivity (Wildman–Crippen MR) is 243 cm³/mol. The van der Waals surface area contributed by atoms with Crippen molar-refractivity contribution in [2.45, 2.75) is 103 Å². The van der Waals surface area contributed by atoms with E-state index in [2.05, 4.69) is 19.2 Å². The molecule has 2 saturated heterocycles. The third kappa shape index (κ3) is 11.2. The first-order valence-corrected chi connectivity index (χ1v) is 24.3. The van der Waals surface area contributed by atoms with Crippen molar-refractivity contribution in [3.63, 3.8) is 0 Å². The van der Waals surface area contributed by atoms with Crippen molar-refractivity contribution in [3.05, 3.63) is 110 Å². The Bertz CT molecular complexity index is 2400. The fourth-order valence-corrected chi connectivity index (χ4v) is 12.0. The smallest absolute Gasteiger partial charge is 0.337 e. The largest absolute Gasteiger partial charge is 0.497 e. The van der Waals surface area contributed by atoms with E-state index in [0.717, 1.165) is 40.1 Å². The van der Waals surface area contributed by atoms with Crippen LogP contribution in [-0.2, 0) is 61.3 Å². The Labute approximate surface area is 380 Å². The van der Waals surface area contributed by atoms with E-state index in [1.807, 2.05) is 56.3 Å². The number of aliphatic hydroxyl groups is 1. The first-order valence-electron chi connectivity index (χ1n) is 22.1. The van der Waals surface area contributed by atoms with E-state index in [0.29, 0.717) is 42.2 Å². The van der Waals surface area contributed by atoms with E-state index in [9.17, 15) is 33.0 Å². The average molecular weight is 917 g/mol. The number of rotatable bonds is 20. The summed E-state index contributed by atoms with van der Waals surface area (Å²) in [5.41, 5.74) is 4.06. The van der Waals surface area contributed by atoms with E-state index in [1.165, 1.54) is 34.9 Å². The second kappa shape index (κ2) is 20.3. The first kappa shape index (κ1) is 47.3. The molecule has 0 bridgehead atoms. The molecular weight excluding hydrogens is 857 g/mol. The molecule has 0 unspecified atom stereocenters. The molecule has 0 amide bonds. The molecular formula is C49H60N2O11S2. The highest BCUT2D eigenvalue weighted by molar-refractivity contribution is 7.89. The van der Waals surface area contributed by atoms with Gasteiger partial charge < -0.3 is 34.5 Å². The van der Waals surface area contributed by atoms with Gasteiger partial charge in [0.15, 0.2) is 12.1 Å². The van der Waals surface area contributed by atoms with Crippen molar-refractivity contribution in [2.24, 2.45) is 23.2 Å². The van der Waals surface area contributed by atoms with Crippen LogP contribution in [-0.4, -0.2) is 92.6 Å². The van der Waals surface area contributed by atoms with E-state index in [1.54, 1.807) is 18.2 Å². The lowest BCUT2D eigenvalue weighted by molar-refractivity contribution is -0.153. The van der Waals surface area contributed by atoms with Gasteiger partial charge in [-0.05, 0) is 96.5 Å². The number of nitrogens with zero attached hydrogens (tertiary/aromatic N) is 1. The Morgan fingerprint density at radius 1 is 1.00 bits per heavy atom. The Morgan fingerprint density at radius 3 is 2.44 bits per heavy atom. The molecule has 1 aliphatic carbocycles. The average Bonchev–Trinajstić information content (AvgIpc) is 3.98. The number of thiophene rings is 1. The summed E-state index contributed by atoms with van der Waals surface area (Å²) in [6, 6.07) is 21.0. The molecule has 3 aliphatic rings. The highest BCUT2D eigenvalue weighted by atomic mass is 32.2. The number of carboxylic acid groups (broad SMARTS) is 1. The maximum Gasteiger partial charge on any atom is 0.337 e. The minimum absolute atomic E-state index is 0.00682. The fourth-order valence-electron chi connectivity index (χ4n) is 9.05. The standard InChI is InChI=1S/C49H60N2O11S2/c1-30(2)27-51(64(57,58)36-16-14-35(59-5)15-17-36)28-41(53)33(23-45(54)62-42-29-61-48-38(42)19-21-60-48)22-31-10-12-34(13-11-31)50-26-32-8-6-7-9-37(32)40(52)24-44-46(47(55)56)39-25-49(3,4)20-18-43(39)63-44/h6-17,30,33,38,41-42,48,50,53H,18-29H2,1-5H3,(H,55,56)/t33-,38+,41-,42+,48-/m1/s1. The van der Waals surface area contributed by atoms with Crippen molar-refractivity contribution in [2.75, 3.05) is 38.7 Å². The van der Waals surface area contributed by atoms with Crippen LogP contribution in [0.3, 0.4) is 0 Å². The summed E-state index contributed by atoms with van der Waals surface area (Å²) in [5, 5.41) is 25.5. The summed E-state index contributed by atoms with van der Waals surface area (Å²) >= 11 is 1.46. The van der Waals surface area contributed by atoms with Gasteiger partial charge in [-0.2, -0.15) is 4.31 Å². The number of aliphatic hydroxyl groups excluding tert-OH is 1. The second-order valence-corrected chi connectivity index (χ2v) is 21.6. The van der Waals surface area contributed by atoms with Gasteiger partial charge in [-0.3, -0.25) is 9.59 Å². The zero-order valence-electron chi connectivity index (χ0n) is 37.2. The molecule has 0 spiro atoms. The number of esters is 1. The lowest BCUT2D eigenvalue weighted by Crippen LogP contribution is -2.43. The summed E-state index contributed by atoms with van der Waals surface area (Å²) in [7, 11) is -2.53. The number of nitrogens with one attached hydrogen (secondary N) is 1. The van der Waals surface area contributed by atoms with Crippen molar-refractivity contribution >= 4 is 44.8 Å². The molecule has 2 fully saturated rings. The number of aryl methyl sites for hydroxylation is 1. The van der Waals surface area contributed by atoms with Crippen LogP contribution >= 0.6 is 11.3 Å². The van der Waals surface area contributed by atoms with Gasteiger partial charge in [-0.15, -0.1) is 11.3 Å². The van der Waals surface area contributed by atoms with Crippen LogP contribution in [0.15, 0.2) is 77.7 Å². The maximum absolute atomic E-state index is 14.0. The van der Waals surface area contributed by atoms with Gasteiger partial charge in [-0.1, -0.05) is 64.1 Å². The second-order valence-electron chi connectivity index (χ2n) is 18.4. The number of sulfonamides is 1. The number of carbonyl (C=O) groups is 3. The molecule has 15 heteroatoms. The third-order valence-corrected chi connectivity index (χ3v) is 15.7. The van der Waals surface area contributed by atoms with E-state index in [-0.39, 0.29) is 72.5 Å². The lowest BCUT2D eigenvalue weighted by atomic mass is 9.76. The van der Waals surface area contributed by atoms with Gasteiger partial charge in [0.2, 0.25) is 10.0 Å². The van der Waals surface area contributed by atoms with E-state index < -0.39 is 46.4 Å². The molecule has 344 valence electrons. The number of hydrogen-bond acceptors (Lipinski definition) is 12. The zero-order chi connectivity index (χ0) is 45.8. The lowest BCUT2D eigenvalue weighted by Gasteiger charge is -2.30. The Morgan fingerprint density at radius 2 is 1.73 bits per heavy atom. The molecule has 4 aromatic rings. The van der Waals surface area contributed by atoms with Crippen molar-refractivity contribution < 1.29 is 52.0 Å². The van der Waals surface area contributed by atoms with E-state index >= 15 is 0 Å². The van der Waals surface area contributed by atoms with Crippen LogP contribution in [0.25, 0.3) is 0 Å². The van der Waals surface area contributed by atoms with Gasteiger partial charge in [0.05, 0.1) is 49.2 Å². The number of methoxy groups -OCH3 is 1. The molecule has 1 aromatic heterocycles. The minimum Gasteiger partial charge on any atom is -0.497 e. The van der Waals surface area contributed by atoms with Crippen LogP contribution < -0.4 is 10.1 Å². The number of benzene rings is 3.